The van der Waals surface area contributed by atoms with E-state index >= 15 is 0 Å². The summed E-state index contributed by atoms with van der Waals surface area (Å²) in [6.45, 7) is 14.5. The maximum absolute atomic E-state index is 10.3. The molecule has 0 saturated heterocycles. The number of aryl methyl sites for hydroxylation is 4. The molecule has 0 aliphatic rings. The lowest BCUT2D eigenvalue weighted by molar-refractivity contribution is 0.150. The maximum atomic E-state index is 10.3. The van der Waals surface area contributed by atoms with Crippen LogP contribution in [0.4, 0.5) is 0 Å². The molecular formula is C25H38N2O3. The minimum Gasteiger partial charge on any atom is -0.491 e. The molecule has 0 fully saturated rings. The van der Waals surface area contributed by atoms with E-state index in [-0.39, 0.29) is 12.1 Å². The fraction of sp³-hybridized carbons (Fsp3) is 0.520. The van der Waals surface area contributed by atoms with Crippen LogP contribution in [0.15, 0.2) is 36.4 Å². The molecule has 0 saturated carbocycles. The minimum atomic E-state index is -0.477. The van der Waals surface area contributed by atoms with Gasteiger partial charge in [0.05, 0.1) is 6.10 Å². The number of hydrogen-bond donors (Lipinski definition) is 3. The van der Waals surface area contributed by atoms with Crippen molar-refractivity contribution in [3.8, 4) is 11.5 Å². The first kappa shape index (κ1) is 24.2. The van der Waals surface area contributed by atoms with Crippen LogP contribution in [0.5, 0.6) is 11.5 Å². The Morgan fingerprint density at radius 3 is 1.37 bits per heavy atom. The number of aliphatic hydroxyl groups excluding tert-OH is 1. The molecule has 5 heteroatoms. The summed E-state index contributed by atoms with van der Waals surface area (Å²) in [7, 11) is 0. The molecule has 2 rings (SSSR count). The Hall–Kier alpha value is -2.08. The van der Waals surface area contributed by atoms with Crippen LogP contribution >= 0.6 is 0 Å². The summed E-state index contributed by atoms with van der Waals surface area (Å²) >= 11 is 0. The molecule has 166 valence electrons. The molecule has 0 aliphatic carbocycles. The van der Waals surface area contributed by atoms with Gasteiger partial charge in [-0.2, -0.15) is 0 Å². The third-order valence-electron chi connectivity index (χ3n) is 5.18. The molecule has 30 heavy (non-hydrogen) atoms. The van der Waals surface area contributed by atoms with Gasteiger partial charge in [0.25, 0.3) is 0 Å². The lowest BCUT2D eigenvalue weighted by atomic mass is 10.1. The summed E-state index contributed by atoms with van der Waals surface area (Å²) in [6, 6.07) is 12.6. The molecule has 2 unspecified atom stereocenters. The second kappa shape index (κ2) is 11.9. The molecule has 5 nitrogen and oxygen atoms in total. The standard InChI is InChI=1S/C25H38N2O3/c1-17-9-7-10-18(2)24(17)29-15-21(5)26-13-23(28)14-27-22(6)16-30-25-19(3)11-8-12-20(25)4/h7-12,21-23,26-28H,13-16H2,1-6H3. The highest BCUT2D eigenvalue weighted by Crippen LogP contribution is 2.23. The van der Waals surface area contributed by atoms with Crippen molar-refractivity contribution in [2.45, 2.75) is 59.7 Å². The number of aliphatic hydroxyl groups is 1. The first-order valence-corrected chi connectivity index (χ1v) is 10.8. The number of benzene rings is 2. The SMILES string of the molecule is Cc1cccc(C)c1OCC(C)NCC(O)CNC(C)COc1c(C)cccc1C. The summed E-state index contributed by atoms with van der Waals surface area (Å²) in [5, 5.41) is 17.0. The van der Waals surface area contributed by atoms with E-state index in [0.29, 0.717) is 26.3 Å². The van der Waals surface area contributed by atoms with Crippen LogP contribution < -0.4 is 20.1 Å². The number of nitrogens with one attached hydrogen (secondary N) is 2. The molecule has 0 bridgehead atoms. The highest BCUT2D eigenvalue weighted by Gasteiger charge is 2.12. The monoisotopic (exact) mass is 414 g/mol. The Labute approximate surface area is 181 Å². The molecule has 0 heterocycles. The average molecular weight is 415 g/mol. The zero-order chi connectivity index (χ0) is 22.1. The summed E-state index contributed by atoms with van der Waals surface area (Å²) in [4.78, 5) is 0. The number of hydrogen-bond acceptors (Lipinski definition) is 5. The lowest BCUT2D eigenvalue weighted by Crippen LogP contribution is -2.44. The normalized spacial score (nSPS) is 14.2. The molecule has 0 amide bonds. The van der Waals surface area contributed by atoms with Gasteiger partial charge in [0.1, 0.15) is 24.7 Å². The summed E-state index contributed by atoms with van der Waals surface area (Å²) in [5.74, 6) is 1.90. The van der Waals surface area contributed by atoms with Crippen molar-refractivity contribution >= 4 is 0 Å². The molecule has 0 spiro atoms. The zero-order valence-electron chi connectivity index (χ0n) is 19.3. The quantitative estimate of drug-likeness (QED) is 0.494. The first-order valence-electron chi connectivity index (χ1n) is 10.8. The van der Waals surface area contributed by atoms with Crippen LogP contribution in [-0.2, 0) is 0 Å². The van der Waals surface area contributed by atoms with Gasteiger partial charge in [-0.3, -0.25) is 0 Å². The fourth-order valence-corrected chi connectivity index (χ4v) is 3.33. The summed E-state index contributed by atoms with van der Waals surface area (Å²) in [6.07, 6.45) is -0.477. The van der Waals surface area contributed by atoms with Gasteiger partial charge in [0, 0.05) is 25.2 Å². The second-order valence-corrected chi connectivity index (χ2v) is 8.34. The molecule has 2 atom stereocenters. The predicted molar refractivity (Wildman–Crippen MR) is 124 cm³/mol. The Balaban J connectivity index is 1.64. The van der Waals surface area contributed by atoms with Gasteiger partial charge in [0.15, 0.2) is 0 Å². The van der Waals surface area contributed by atoms with Crippen LogP contribution in [0.1, 0.15) is 36.1 Å². The van der Waals surface area contributed by atoms with E-state index < -0.39 is 6.10 Å². The van der Waals surface area contributed by atoms with E-state index in [1.807, 2.05) is 12.1 Å². The second-order valence-electron chi connectivity index (χ2n) is 8.34. The van der Waals surface area contributed by atoms with E-state index in [4.69, 9.17) is 9.47 Å². The summed E-state index contributed by atoms with van der Waals surface area (Å²) in [5.41, 5.74) is 4.57. The molecule has 0 aliphatic heterocycles. The van der Waals surface area contributed by atoms with Crippen molar-refractivity contribution in [1.82, 2.24) is 10.6 Å². The smallest absolute Gasteiger partial charge is 0.125 e. The van der Waals surface area contributed by atoms with Crippen LogP contribution in [0.2, 0.25) is 0 Å². The molecule has 3 N–H and O–H groups in total. The van der Waals surface area contributed by atoms with E-state index in [0.717, 1.165) is 33.8 Å². The highest BCUT2D eigenvalue weighted by atomic mass is 16.5. The van der Waals surface area contributed by atoms with Crippen molar-refractivity contribution in [2.24, 2.45) is 0 Å². The number of rotatable bonds is 12. The van der Waals surface area contributed by atoms with Gasteiger partial charge < -0.3 is 25.2 Å². The number of para-hydroxylation sites is 2. The van der Waals surface area contributed by atoms with Crippen molar-refractivity contribution < 1.29 is 14.6 Å². The maximum Gasteiger partial charge on any atom is 0.125 e. The average Bonchev–Trinajstić information content (AvgIpc) is 2.70. The Morgan fingerprint density at radius 1 is 0.700 bits per heavy atom. The summed E-state index contributed by atoms with van der Waals surface area (Å²) < 4.78 is 12.0. The van der Waals surface area contributed by atoms with Gasteiger partial charge in [-0.15, -0.1) is 0 Å². The lowest BCUT2D eigenvalue weighted by Gasteiger charge is -2.21. The first-order chi connectivity index (χ1) is 14.3. The predicted octanol–water partition coefficient (Wildman–Crippen LogP) is 3.70. The van der Waals surface area contributed by atoms with Crippen LogP contribution in [0, 0.1) is 27.7 Å². The van der Waals surface area contributed by atoms with E-state index in [9.17, 15) is 5.11 Å². The molecule has 2 aromatic carbocycles. The van der Waals surface area contributed by atoms with Gasteiger partial charge in [-0.25, -0.2) is 0 Å². The van der Waals surface area contributed by atoms with Crippen molar-refractivity contribution in [3.63, 3.8) is 0 Å². The Bertz CT molecular complexity index is 688. The molecule has 0 radical (unpaired) electrons. The molecule has 0 aromatic heterocycles. The Kier molecular flexibility index (Phi) is 9.63. The fourth-order valence-electron chi connectivity index (χ4n) is 3.33. The largest absolute Gasteiger partial charge is 0.491 e. The van der Waals surface area contributed by atoms with Gasteiger partial charge >= 0.3 is 0 Å². The Morgan fingerprint density at radius 2 is 1.03 bits per heavy atom. The van der Waals surface area contributed by atoms with Gasteiger partial charge in [-0.05, 0) is 63.8 Å². The van der Waals surface area contributed by atoms with E-state index in [1.54, 1.807) is 0 Å². The molecular weight excluding hydrogens is 376 g/mol. The third-order valence-corrected chi connectivity index (χ3v) is 5.18. The minimum absolute atomic E-state index is 0.142. The van der Waals surface area contributed by atoms with Crippen LogP contribution in [-0.4, -0.2) is 49.6 Å². The van der Waals surface area contributed by atoms with Crippen molar-refractivity contribution in [2.75, 3.05) is 26.3 Å². The van der Waals surface area contributed by atoms with Crippen molar-refractivity contribution in [1.29, 1.82) is 0 Å². The van der Waals surface area contributed by atoms with Gasteiger partial charge in [0.2, 0.25) is 0 Å². The van der Waals surface area contributed by atoms with Crippen LogP contribution in [0.3, 0.4) is 0 Å². The topological polar surface area (TPSA) is 62.8 Å². The van der Waals surface area contributed by atoms with Crippen LogP contribution in [0.25, 0.3) is 0 Å². The van der Waals surface area contributed by atoms with E-state index in [2.05, 4.69) is 76.4 Å². The van der Waals surface area contributed by atoms with Gasteiger partial charge in [-0.1, -0.05) is 36.4 Å². The van der Waals surface area contributed by atoms with E-state index in [1.165, 1.54) is 0 Å². The number of ether oxygens (including phenoxy) is 2. The zero-order valence-corrected chi connectivity index (χ0v) is 19.3. The molecule has 2 aromatic rings. The van der Waals surface area contributed by atoms with Crippen molar-refractivity contribution in [3.05, 3.63) is 58.7 Å². The third kappa shape index (κ3) is 7.63. The highest BCUT2D eigenvalue weighted by molar-refractivity contribution is 5.40.